The molecule has 10 rings (SSSR count). The van der Waals surface area contributed by atoms with Crippen LogP contribution in [0.3, 0.4) is 0 Å². The predicted octanol–water partition coefficient (Wildman–Crippen LogP) is 10.9. The van der Waals surface area contributed by atoms with Crippen LogP contribution in [0.25, 0.3) is 100 Å². The molecule has 0 aliphatic heterocycles. The zero-order chi connectivity index (χ0) is 31.6. The second-order valence-electron chi connectivity index (χ2n) is 11.8. The summed E-state index contributed by atoms with van der Waals surface area (Å²) in [6.07, 6.45) is 0. The van der Waals surface area contributed by atoms with Gasteiger partial charge in [0, 0.05) is 38.4 Å². The molecule has 0 radical (unpaired) electrons. The lowest BCUT2D eigenvalue weighted by atomic mass is 9.95. The maximum absolute atomic E-state index is 6.81. The second kappa shape index (κ2) is 10.4. The molecule has 0 bridgehead atoms. The molecule has 0 unspecified atom stereocenters. The Kier molecular flexibility index (Phi) is 5.77. The lowest BCUT2D eigenvalue weighted by Gasteiger charge is -2.11. The largest absolute Gasteiger partial charge is 0.456 e. The summed E-state index contributed by atoms with van der Waals surface area (Å²) in [5.74, 6) is 1.74. The van der Waals surface area contributed by atoms with Crippen molar-refractivity contribution < 1.29 is 8.83 Å². The van der Waals surface area contributed by atoms with Crippen LogP contribution in [-0.2, 0) is 0 Å². The van der Waals surface area contributed by atoms with Crippen molar-refractivity contribution in [3.05, 3.63) is 146 Å². The van der Waals surface area contributed by atoms with Crippen LogP contribution in [0.1, 0.15) is 0 Å². The average Bonchev–Trinajstić information content (AvgIpc) is 3.72. The van der Waals surface area contributed by atoms with Gasteiger partial charge in [-0.25, -0.2) is 19.9 Å². The summed E-state index contributed by atoms with van der Waals surface area (Å²) in [5.41, 5.74) is 9.31. The average molecular weight is 617 g/mol. The van der Waals surface area contributed by atoms with Crippen LogP contribution >= 0.6 is 0 Å². The molecule has 0 saturated carbocycles. The van der Waals surface area contributed by atoms with E-state index >= 15 is 0 Å². The van der Waals surface area contributed by atoms with Gasteiger partial charge in [0.15, 0.2) is 23.1 Å². The Morgan fingerprint density at radius 2 is 1.04 bits per heavy atom. The number of hydrogen-bond acceptors (Lipinski definition) is 6. The van der Waals surface area contributed by atoms with Gasteiger partial charge in [-0.3, -0.25) is 0 Å². The van der Waals surface area contributed by atoms with Gasteiger partial charge < -0.3 is 8.83 Å². The summed E-state index contributed by atoms with van der Waals surface area (Å²) in [6.45, 7) is 0. The van der Waals surface area contributed by atoms with Gasteiger partial charge in [-0.1, -0.05) is 109 Å². The molecule has 0 atom stereocenters. The fourth-order valence-electron chi connectivity index (χ4n) is 6.71. The van der Waals surface area contributed by atoms with E-state index in [1.165, 1.54) is 0 Å². The quantitative estimate of drug-likeness (QED) is 0.196. The van der Waals surface area contributed by atoms with Crippen molar-refractivity contribution in [2.45, 2.75) is 0 Å². The van der Waals surface area contributed by atoms with Crippen molar-refractivity contribution in [2.75, 3.05) is 0 Å². The number of benzene rings is 6. The Morgan fingerprint density at radius 1 is 0.396 bits per heavy atom. The molecule has 0 aliphatic carbocycles. The van der Waals surface area contributed by atoms with Crippen LogP contribution < -0.4 is 0 Å². The molecule has 6 heteroatoms. The first-order valence-corrected chi connectivity index (χ1v) is 15.8. The monoisotopic (exact) mass is 616 g/mol. The molecule has 0 aliphatic rings. The first kappa shape index (κ1) is 26.5. The van der Waals surface area contributed by atoms with Crippen molar-refractivity contribution in [3.8, 4) is 45.3 Å². The van der Waals surface area contributed by atoms with Gasteiger partial charge in [0.05, 0.1) is 10.9 Å². The molecule has 4 heterocycles. The summed E-state index contributed by atoms with van der Waals surface area (Å²) in [4.78, 5) is 20.2. The van der Waals surface area contributed by atoms with Gasteiger partial charge in [0.25, 0.3) is 0 Å². The molecule has 6 nitrogen and oxygen atoms in total. The molecule has 0 spiro atoms. The number of rotatable bonds is 4. The highest BCUT2D eigenvalue weighted by molar-refractivity contribution is 6.20. The van der Waals surface area contributed by atoms with E-state index in [0.29, 0.717) is 28.6 Å². The van der Waals surface area contributed by atoms with Crippen molar-refractivity contribution in [2.24, 2.45) is 0 Å². The summed E-state index contributed by atoms with van der Waals surface area (Å²) in [7, 11) is 0. The number of nitrogens with zero attached hydrogens (tertiary/aromatic N) is 4. The zero-order valence-electron chi connectivity index (χ0n) is 25.5. The molecular weight excluding hydrogens is 592 g/mol. The van der Waals surface area contributed by atoms with E-state index in [0.717, 1.165) is 71.6 Å². The maximum atomic E-state index is 6.81. The molecule has 0 N–H and O–H groups in total. The van der Waals surface area contributed by atoms with Crippen LogP contribution in [0.2, 0.25) is 0 Å². The standard InChI is InChI=1S/C42H24N4O2/c1-3-12-25(13-4-1)40-44-41(26-14-5-2-6-15-26)46-42(45-40)31-23-22-29(28-18-11-21-34-36(28)30-17-8-10-20-33(30)47-34)39-37(31)38-35(48-39)24-27-16-7-9-19-32(27)43-38/h1-24H. The number of furan rings is 2. The zero-order valence-corrected chi connectivity index (χ0v) is 25.5. The molecule has 0 saturated heterocycles. The topological polar surface area (TPSA) is 77.8 Å². The first-order chi connectivity index (χ1) is 23.8. The summed E-state index contributed by atoms with van der Waals surface area (Å²) < 4.78 is 13.1. The lowest BCUT2D eigenvalue weighted by Crippen LogP contribution is -2.00. The Bertz CT molecular complexity index is 2780. The van der Waals surface area contributed by atoms with E-state index in [-0.39, 0.29) is 0 Å². The Labute approximate surface area is 274 Å². The normalized spacial score (nSPS) is 11.8. The van der Waals surface area contributed by atoms with Crippen molar-refractivity contribution >= 4 is 54.9 Å². The third-order valence-electron chi connectivity index (χ3n) is 8.93. The number of para-hydroxylation sites is 2. The van der Waals surface area contributed by atoms with Crippen LogP contribution in [0, 0.1) is 0 Å². The molecule has 0 amide bonds. The van der Waals surface area contributed by atoms with E-state index in [9.17, 15) is 0 Å². The minimum absolute atomic E-state index is 0.545. The summed E-state index contributed by atoms with van der Waals surface area (Å²) in [5, 5.41) is 3.95. The van der Waals surface area contributed by atoms with Crippen LogP contribution in [0.5, 0.6) is 0 Å². The van der Waals surface area contributed by atoms with Gasteiger partial charge in [-0.15, -0.1) is 0 Å². The Morgan fingerprint density at radius 3 is 1.83 bits per heavy atom. The number of pyridine rings is 1. The number of hydrogen-bond donors (Lipinski definition) is 0. The van der Waals surface area contributed by atoms with Crippen molar-refractivity contribution in [1.29, 1.82) is 0 Å². The third kappa shape index (κ3) is 4.13. The molecule has 6 aromatic carbocycles. The predicted molar refractivity (Wildman–Crippen MR) is 191 cm³/mol. The van der Waals surface area contributed by atoms with E-state index in [2.05, 4.69) is 36.4 Å². The van der Waals surface area contributed by atoms with Gasteiger partial charge in [-0.05, 0) is 42.0 Å². The molecule has 4 aromatic heterocycles. The molecule has 0 fully saturated rings. The van der Waals surface area contributed by atoms with Gasteiger partial charge in [-0.2, -0.15) is 0 Å². The van der Waals surface area contributed by atoms with E-state index in [1.54, 1.807) is 0 Å². The van der Waals surface area contributed by atoms with E-state index in [1.807, 2.05) is 109 Å². The highest BCUT2D eigenvalue weighted by Gasteiger charge is 2.23. The fraction of sp³-hybridized carbons (Fsp3) is 0. The smallest absolute Gasteiger partial charge is 0.164 e. The van der Waals surface area contributed by atoms with Crippen molar-refractivity contribution in [1.82, 2.24) is 19.9 Å². The fourth-order valence-corrected chi connectivity index (χ4v) is 6.71. The Hall–Kier alpha value is -6.66. The van der Waals surface area contributed by atoms with Crippen LogP contribution in [0.4, 0.5) is 0 Å². The lowest BCUT2D eigenvalue weighted by molar-refractivity contribution is 0.668. The SMILES string of the molecule is c1ccc(-c2nc(-c3ccccc3)nc(-c3ccc(-c4cccc5oc6ccccc6c45)c4oc5cc6ccccc6nc5c34)n2)cc1. The van der Waals surface area contributed by atoms with Crippen LogP contribution in [-0.4, -0.2) is 19.9 Å². The number of aromatic nitrogens is 4. The minimum atomic E-state index is 0.545. The molecule has 10 aromatic rings. The maximum Gasteiger partial charge on any atom is 0.164 e. The third-order valence-corrected chi connectivity index (χ3v) is 8.93. The first-order valence-electron chi connectivity index (χ1n) is 15.8. The molecular formula is C42H24N4O2. The molecule has 48 heavy (non-hydrogen) atoms. The highest BCUT2D eigenvalue weighted by atomic mass is 16.3. The number of fused-ring (bicyclic) bond motifs is 7. The van der Waals surface area contributed by atoms with Crippen LogP contribution in [0.15, 0.2) is 154 Å². The van der Waals surface area contributed by atoms with Gasteiger partial charge >= 0.3 is 0 Å². The minimum Gasteiger partial charge on any atom is -0.456 e. The second-order valence-corrected chi connectivity index (χ2v) is 11.8. The summed E-state index contributed by atoms with van der Waals surface area (Å²) in [6, 6.07) is 48.7. The highest BCUT2D eigenvalue weighted by Crippen LogP contribution is 2.44. The molecule has 224 valence electrons. The van der Waals surface area contributed by atoms with Crippen molar-refractivity contribution in [3.63, 3.8) is 0 Å². The van der Waals surface area contributed by atoms with Gasteiger partial charge in [0.2, 0.25) is 0 Å². The Balaban J connectivity index is 1.31. The van der Waals surface area contributed by atoms with E-state index in [4.69, 9.17) is 28.8 Å². The summed E-state index contributed by atoms with van der Waals surface area (Å²) >= 11 is 0. The van der Waals surface area contributed by atoms with E-state index < -0.39 is 0 Å². The van der Waals surface area contributed by atoms with Gasteiger partial charge in [0.1, 0.15) is 22.3 Å².